The number of amides is 1. The minimum absolute atomic E-state index is 0. The van der Waals surface area contributed by atoms with E-state index < -0.39 is 5.91 Å². The van der Waals surface area contributed by atoms with Crippen molar-refractivity contribution in [2.45, 2.75) is 46.3 Å². The number of carbonyl (C=O) groups is 1. The maximum absolute atomic E-state index is 11.1. The number of carbonyl (C=O) groups excluding carboxylic acids is 1. The highest BCUT2D eigenvalue weighted by Gasteiger charge is 2.12. The molecule has 0 saturated heterocycles. The molecular weight excluding hydrogens is 429 g/mol. The third-order valence-corrected chi connectivity index (χ3v) is 3.91. The largest absolute Gasteiger partial charge is 0.366 e. The van der Waals surface area contributed by atoms with Gasteiger partial charge in [0, 0.05) is 44.3 Å². The molecule has 0 bridgehead atoms. The molecule has 1 aromatic carbocycles. The fourth-order valence-electron chi connectivity index (χ4n) is 2.61. The molecule has 0 aromatic heterocycles. The maximum Gasteiger partial charge on any atom is 0.248 e. The van der Waals surface area contributed by atoms with Gasteiger partial charge in [0.15, 0.2) is 5.96 Å². The highest BCUT2D eigenvalue weighted by Crippen LogP contribution is 2.04. The first-order chi connectivity index (χ1) is 11.3. The number of rotatable bonds is 8. The number of nitrogens with zero attached hydrogens (tertiary/aromatic N) is 2. The van der Waals surface area contributed by atoms with Crippen LogP contribution in [0.3, 0.4) is 0 Å². The molecule has 1 rings (SSSR count). The summed E-state index contributed by atoms with van der Waals surface area (Å²) in [4.78, 5) is 17.7. The summed E-state index contributed by atoms with van der Waals surface area (Å²) in [6.45, 7) is 11.3. The second-order valence-corrected chi connectivity index (χ2v) is 6.34. The average molecular weight is 461 g/mol. The lowest BCUT2D eigenvalue weighted by atomic mass is 10.1. The van der Waals surface area contributed by atoms with Gasteiger partial charge in [-0.15, -0.1) is 24.0 Å². The molecule has 0 aliphatic rings. The number of primary amides is 1. The molecule has 0 aliphatic heterocycles. The van der Waals surface area contributed by atoms with Gasteiger partial charge in [0.2, 0.25) is 5.91 Å². The Bertz CT molecular complexity index is 535. The fraction of sp³-hybridized carbons (Fsp3) is 0.556. The molecular formula is C18H32IN5O. The van der Waals surface area contributed by atoms with E-state index in [1.54, 1.807) is 19.2 Å². The summed E-state index contributed by atoms with van der Waals surface area (Å²) in [5.41, 5.74) is 6.82. The zero-order valence-electron chi connectivity index (χ0n) is 15.9. The number of halogens is 1. The zero-order valence-corrected chi connectivity index (χ0v) is 18.2. The lowest BCUT2D eigenvalue weighted by Gasteiger charge is -2.30. The number of nitrogens with two attached hydrogens (primary N) is 1. The van der Waals surface area contributed by atoms with Crippen molar-refractivity contribution in [2.24, 2.45) is 10.7 Å². The predicted molar refractivity (Wildman–Crippen MR) is 116 cm³/mol. The van der Waals surface area contributed by atoms with Crippen LogP contribution >= 0.6 is 24.0 Å². The monoisotopic (exact) mass is 461 g/mol. The van der Waals surface area contributed by atoms with Crippen molar-refractivity contribution in [3.8, 4) is 0 Å². The standard InChI is InChI=1S/C18H31N5O.HI/c1-13(2)23(14(3)4)11-10-21-18(20-5)22-12-15-6-8-16(9-7-15)17(19)24;/h6-9,13-14H,10-12H2,1-5H3,(H2,19,24)(H2,20,21,22);1H. The van der Waals surface area contributed by atoms with Gasteiger partial charge in [-0.05, 0) is 45.4 Å². The molecule has 0 fully saturated rings. The number of guanidine groups is 1. The van der Waals surface area contributed by atoms with Crippen molar-refractivity contribution in [3.05, 3.63) is 35.4 Å². The molecule has 0 atom stereocenters. The number of hydrogen-bond donors (Lipinski definition) is 3. The Morgan fingerprint density at radius 1 is 1.12 bits per heavy atom. The Kier molecular flexibility index (Phi) is 11.4. The molecule has 0 unspecified atom stereocenters. The second-order valence-electron chi connectivity index (χ2n) is 6.34. The SMILES string of the molecule is CN=C(NCCN(C(C)C)C(C)C)NCc1ccc(C(N)=O)cc1.I. The number of aliphatic imine (C=N–C) groups is 1. The van der Waals surface area contributed by atoms with E-state index in [2.05, 4.69) is 48.2 Å². The Hall–Kier alpha value is -1.35. The Morgan fingerprint density at radius 2 is 1.68 bits per heavy atom. The first-order valence-corrected chi connectivity index (χ1v) is 8.44. The first kappa shape index (κ1) is 23.6. The molecule has 0 saturated carbocycles. The van der Waals surface area contributed by atoms with E-state index in [4.69, 9.17) is 5.73 Å². The van der Waals surface area contributed by atoms with E-state index in [1.165, 1.54) is 0 Å². The van der Waals surface area contributed by atoms with Crippen LogP contribution in [0, 0.1) is 0 Å². The van der Waals surface area contributed by atoms with Gasteiger partial charge in [-0.25, -0.2) is 0 Å². The van der Waals surface area contributed by atoms with Crippen molar-refractivity contribution in [1.82, 2.24) is 15.5 Å². The van der Waals surface area contributed by atoms with E-state index in [-0.39, 0.29) is 24.0 Å². The summed E-state index contributed by atoms with van der Waals surface area (Å²) >= 11 is 0. The summed E-state index contributed by atoms with van der Waals surface area (Å²) in [6.07, 6.45) is 0. The van der Waals surface area contributed by atoms with Crippen molar-refractivity contribution in [1.29, 1.82) is 0 Å². The van der Waals surface area contributed by atoms with Gasteiger partial charge in [0.25, 0.3) is 0 Å². The smallest absolute Gasteiger partial charge is 0.248 e. The van der Waals surface area contributed by atoms with E-state index >= 15 is 0 Å². The molecule has 1 aromatic rings. The molecule has 0 spiro atoms. The normalized spacial score (nSPS) is 11.6. The second kappa shape index (κ2) is 12.1. The van der Waals surface area contributed by atoms with E-state index in [1.807, 2.05) is 12.1 Å². The van der Waals surface area contributed by atoms with Gasteiger partial charge in [-0.1, -0.05) is 12.1 Å². The summed E-state index contributed by atoms with van der Waals surface area (Å²) in [7, 11) is 1.76. The van der Waals surface area contributed by atoms with Crippen molar-refractivity contribution < 1.29 is 4.79 Å². The van der Waals surface area contributed by atoms with E-state index in [0.717, 1.165) is 24.6 Å². The summed E-state index contributed by atoms with van der Waals surface area (Å²) in [6, 6.07) is 8.28. The van der Waals surface area contributed by atoms with Crippen LogP contribution in [0.2, 0.25) is 0 Å². The molecule has 0 radical (unpaired) electrons. The van der Waals surface area contributed by atoms with Crippen LogP contribution in [0.4, 0.5) is 0 Å². The minimum atomic E-state index is -0.410. The lowest BCUT2D eigenvalue weighted by Crippen LogP contribution is -2.45. The Labute approximate surface area is 168 Å². The van der Waals surface area contributed by atoms with Gasteiger partial charge < -0.3 is 16.4 Å². The molecule has 25 heavy (non-hydrogen) atoms. The Balaban J connectivity index is 0.00000576. The maximum atomic E-state index is 11.1. The molecule has 0 heterocycles. The summed E-state index contributed by atoms with van der Waals surface area (Å²) < 4.78 is 0. The third-order valence-electron chi connectivity index (χ3n) is 3.91. The molecule has 1 amide bonds. The van der Waals surface area contributed by atoms with Crippen LogP contribution < -0.4 is 16.4 Å². The predicted octanol–water partition coefficient (Wildman–Crippen LogP) is 2.19. The Morgan fingerprint density at radius 3 is 2.12 bits per heavy atom. The van der Waals surface area contributed by atoms with Crippen LogP contribution in [0.25, 0.3) is 0 Å². The molecule has 7 heteroatoms. The molecule has 6 nitrogen and oxygen atoms in total. The highest BCUT2D eigenvalue weighted by atomic mass is 127. The van der Waals surface area contributed by atoms with Crippen LogP contribution in [-0.4, -0.2) is 49.0 Å². The number of benzene rings is 1. The van der Waals surface area contributed by atoms with Crippen LogP contribution in [0.15, 0.2) is 29.3 Å². The molecule has 142 valence electrons. The number of nitrogens with one attached hydrogen (secondary N) is 2. The first-order valence-electron chi connectivity index (χ1n) is 8.44. The highest BCUT2D eigenvalue weighted by molar-refractivity contribution is 14.0. The number of hydrogen-bond acceptors (Lipinski definition) is 3. The summed E-state index contributed by atoms with van der Waals surface area (Å²) in [5.74, 6) is 0.355. The van der Waals surface area contributed by atoms with Gasteiger partial charge >= 0.3 is 0 Å². The topological polar surface area (TPSA) is 82.8 Å². The third kappa shape index (κ3) is 8.53. The van der Waals surface area contributed by atoms with Gasteiger partial charge in [-0.3, -0.25) is 14.7 Å². The van der Waals surface area contributed by atoms with E-state index in [0.29, 0.717) is 24.2 Å². The fourth-order valence-corrected chi connectivity index (χ4v) is 2.61. The minimum Gasteiger partial charge on any atom is -0.366 e. The average Bonchev–Trinajstić information content (AvgIpc) is 2.53. The molecule has 4 N–H and O–H groups in total. The van der Waals surface area contributed by atoms with Crippen LogP contribution in [-0.2, 0) is 6.54 Å². The molecule has 0 aliphatic carbocycles. The quantitative estimate of drug-likeness (QED) is 0.315. The van der Waals surface area contributed by atoms with Gasteiger partial charge in [0.1, 0.15) is 0 Å². The lowest BCUT2D eigenvalue weighted by molar-refractivity contribution is 0.100. The zero-order chi connectivity index (χ0) is 18.1. The van der Waals surface area contributed by atoms with Crippen molar-refractivity contribution in [2.75, 3.05) is 20.1 Å². The van der Waals surface area contributed by atoms with E-state index in [9.17, 15) is 4.79 Å². The van der Waals surface area contributed by atoms with Crippen LogP contribution in [0.1, 0.15) is 43.6 Å². The van der Waals surface area contributed by atoms with Crippen molar-refractivity contribution >= 4 is 35.8 Å². The summed E-state index contributed by atoms with van der Waals surface area (Å²) in [5, 5.41) is 6.60. The van der Waals surface area contributed by atoms with Crippen LogP contribution in [0.5, 0.6) is 0 Å². The van der Waals surface area contributed by atoms with Crippen molar-refractivity contribution in [3.63, 3.8) is 0 Å². The van der Waals surface area contributed by atoms with Gasteiger partial charge in [0.05, 0.1) is 0 Å². The van der Waals surface area contributed by atoms with Gasteiger partial charge in [-0.2, -0.15) is 0 Å².